The van der Waals surface area contributed by atoms with Crippen LogP contribution in [0, 0.1) is 0 Å². The number of nitrogens with zero attached hydrogens (tertiary/aromatic N) is 1. The van der Waals surface area contributed by atoms with Crippen molar-refractivity contribution >= 4 is 29.7 Å². The van der Waals surface area contributed by atoms with Gasteiger partial charge in [0.25, 0.3) is 0 Å². The van der Waals surface area contributed by atoms with Gasteiger partial charge in [-0.1, -0.05) is 12.1 Å². The molecule has 0 aliphatic rings. The molecule has 0 spiro atoms. The van der Waals surface area contributed by atoms with E-state index in [1.165, 1.54) is 26.0 Å². The zero-order valence-electron chi connectivity index (χ0n) is 20.2. The van der Waals surface area contributed by atoms with Crippen LogP contribution in [0.15, 0.2) is 29.3 Å². The smallest absolute Gasteiger partial charge is 0.325 e. The van der Waals surface area contributed by atoms with E-state index in [-0.39, 0.29) is 37.5 Å². The molecule has 0 heterocycles. The van der Waals surface area contributed by atoms with Gasteiger partial charge < -0.3 is 48.5 Å². The van der Waals surface area contributed by atoms with Gasteiger partial charge >= 0.3 is 5.97 Å². The number of aliphatic imine (C=N–C) groups is 1. The number of carbonyl (C=O) groups excluding carboxylic acids is 3. The number of carbonyl (C=O) groups is 4. The fraction of sp³-hybridized carbons (Fsp3) is 0.500. The lowest BCUT2D eigenvalue weighted by Crippen LogP contribution is -2.58. The topological polar surface area (TPSA) is 255 Å². The summed E-state index contributed by atoms with van der Waals surface area (Å²) in [5.74, 6) is -3.70. The summed E-state index contributed by atoms with van der Waals surface area (Å²) in [4.78, 5) is 53.3. The Bertz CT molecular complexity index is 933. The second-order valence-electron chi connectivity index (χ2n) is 8.28. The molecular weight excluding hydrogens is 474 g/mol. The van der Waals surface area contributed by atoms with Crippen LogP contribution in [0.1, 0.15) is 32.3 Å². The lowest BCUT2D eigenvalue weighted by Gasteiger charge is -2.25. The highest BCUT2D eigenvalue weighted by atomic mass is 16.4. The maximum Gasteiger partial charge on any atom is 0.325 e. The van der Waals surface area contributed by atoms with E-state index in [2.05, 4.69) is 20.9 Å². The first-order valence-electron chi connectivity index (χ1n) is 11.2. The number of aliphatic hydroxyl groups is 1. The first-order chi connectivity index (χ1) is 16.8. The van der Waals surface area contributed by atoms with E-state index in [0.29, 0.717) is 5.56 Å². The first-order valence-corrected chi connectivity index (χ1v) is 11.2. The van der Waals surface area contributed by atoms with Crippen LogP contribution in [0.4, 0.5) is 0 Å². The van der Waals surface area contributed by atoms with Gasteiger partial charge in [-0.3, -0.25) is 24.2 Å². The monoisotopic (exact) mass is 509 g/mol. The summed E-state index contributed by atoms with van der Waals surface area (Å²) in [6.07, 6.45) is -0.875. The van der Waals surface area contributed by atoms with Crippen molar-refractivity contribution in [1.29, 1.82) is 0 Å². The third-order valence-corrected chi connectivity index (χ3v) is 5.14. The molecule has 14 heteroatoms. The Kier molecular flexibility index (Phi) is 12.1. The molecule has 0 radical (unpaired) electrons. The van der Waals surface area contributed by atoms with E-state index in [1.54, 1.807) is 12.1 Å². The summed E-state index contributed by atoms with van der Waals surface area (Å²) in [5, 5.41) is 35.5. The number of aliphatic carboxylic acids is 1. The summed E-state index contributed by atoms with van der Waals surface area (Å²) in [7, 11) is 0. The van der Waals surface area contributed by atoms with Crippen molar-refractivity contribution in [2.45, 2.75) is 63.4 Å². The molecule has 1 aromatic rings. The maximum absolute atomic E-state index is 13.2. The summed E-state index contributed by atoms with van der Waals surface area (Å²) >= 11 is 0. The van der Waals surface area contributed by atoms with E-state index < -0.39 is 54.0 Å². The fourth-order valence-corrected chi connectivity index (χ4v) is 2.98. The molecule has 0 aliphatic heterocycles. The molecule has 12 N–H and O–H groups in total. The number of nitrogens with two attached hydrogens (primary N) is 3. The van der Waals surface area contributed by atoms with E-state index in [1.807, 2.05) is 0 Å². The third kappa shape index (κ3) is 10.6. The number of carboxylic acid groups (broad SMARTS) is 1. The molecule has 200 valence electrons. The summed E-state index contributed by atoms with van der Waals surface area (Å²) < 4.78 is 0. The number of hydrogen-bond acceptors (Lipinski definition) is 8. The lowest BCUT2D eigenvalue weighted by atomic mass is 10.0. The quantitative estimate of drug-likeness (QED) is 0.0709. The molecule has 0 aliphatic carbocycles. The maximum atomic E-state index is 13.2. The predicted octanol–water partition coefficient (Wildman–Crippen LogP) is -2.74. The Balaban J connectivity index is 3.11. The number of benzene rings is 1. The number of phenols is 1. The molecule has 0 bridgehead atoms. The van der Waals surface area contributed by atoms with Crippen LogP contribution < -0.4 is 33.2 Å². The van der Waals surface area contributed by atoms with Gasteiger partial charge in [-0.2, -0.15) is 0 Å². The SMILES string of the molecule is CC(NC(=O)C(CCCN=C(N)N)NC(=O)C(Cc1ccc(O)cc1)NC(=O)C(N)C(C)O)C(=O)O. The highest BCUT2D eigenvalue weighted by Crippen LogP contribution is 2.12. The molecule has 0 saturated heterocycles. The van der Waals surface area contributed by atoms with Crippen LogP contribution in [0.3, 0.4) is 0 Å². The molecule has 0 saturated carbocycles. The predicted molar refractivity (Wildman–Crippen MR) is 130 cm³/mol. The zero-order chi connectivity index (χ0) is 27.4. The number of amides is 3. The molecule has 36 heavy (non-hydrogen) atoms. The second-order valence-corrected chi connectivity index (χ2v) is 8.28. The van der Waals surface area contributed by atoms with Crippen molar-refractivity contribution in [1.82, 2.24) is 16.0 Å². The molecular formula is C22H35N7O7. The number of aromatic hydroxyl groups is 1. The van der Waals surface area contributed by atoms with E-state index in [0.717, 1.165) is 0 Å². The van der Waals surface area contributed by atoms with Crippen LogP contribution in [-0.2, 0) is 25.6 Å². The number of rotatable bonds is 14. The van der Waals surface area contributed by atoms with Gasteiger partial charge in [-0.05, 0) is 44.4 Å². The third-order valence-electron chi connectivity index (χ3n) is 5.14. The highest BCUT2D eigenvalue weighted by molar-refractivity contribution is 5.94. The standard InChI is InChI=1S/C22H35N7O7/c1-11(21(35)36)27-18(32)15(4-3-9-26-22(24)25)28-19(33)16(29-20(34)17(23)12(2)30)10-13-5-7-14(31)8-6-13/h5-8,11-12,15-17,30-31H,3-4,9-10,23H2,1-2H3,(H,27,32)(H,28,33)(H,29,34)(H,35,36)(H4,24,25,26). The number of phenolic OH excluding ortho intramolecular Hbond substituents is 1. The van der Waals surface area contributed by atoms with Gasteiger partial charge in [0.1, 0.15) is 29.9 Å². The van der Waals surface area contributed by atoms with Crippen LogP contribution in [0.2, 0.25) is 0 Å². The van der Waals surface area contributed by atoms with Gasteiger partial charge in [-0.15, -0.1) is 0 Å². The van der Waals surface area contributed by atoms with Gasteiger partial charge in [0.15, 0.2) is 5.96 Å². The van der Waals surface area contributed by atoms with Gasteiger partial charge in [0, 0.05) is 13.0 Å². The average Bonchev–Trinajstić information content (AvgIpc) is 2.80. The van der Waals surface area contributed by atoms with Crippen molar-refractivity contribution < 1.29 is 34.5 Å². The lowest BCUT2D eigenvalue weighted by molar-refractivity contribution is -0.141. The molecule has 5 atom stereocenters. The number of guanidine groups is 1. The first kappa shape index (κ1) is 30.1. The van der Waals surface area contributed by atoms with Gasteiger partial charge in [0.2, 0.25) is 17.7 Å². The molecule has 1 aromatic carbocycles. The van der Waals surface area contributed by atoms with Crippen LogP contribution >= 0.6 is 0 Å². The number of aliphatic hydroxyl groups excluding tert-OH is 1. The number of carboxylic acids is 1. The summed E-state index contributed by atoms with van der Waals surface area (Å²) in [6.45, 7) is 2.75. The fourth-order valence-electron chi connectivity index (χ4n) is 2.98. The van der Waals surface area contributed by atoms with Crippen molar-refractivity contribution in [2.75, 3.05) is 6.54 Å². The van der Waals surface area contributed by atoms with Gasteiger partial charge in [-0.25, -0.2) is 0 Å². The molecule has 3 amide bonds. The largest absolute Gasteiger partial charge is 0.508 e. The van der Waals surface area contributed by atoms with Crippen molar-refractivity contribution in [3.8, 4) is 5.75 Å². The minimum Gasteiger partial charge on any atom is -0.508 e. The van der Waals surface area contributed by atoms with Crippen molar-refractivity contribution in [2.24, 2.45) is 22.2 Å². The van der Waals surface area contributed by atoms with Crippen LogP contribution in [0.25, 0.3) is 0 Å². The minimum atomic E-state index is -1.31. The molecule has 14 nitrogen and oxygen atoms in total. The minimum absolute atomic E-state index is 0.00461. The highest BCUT2D eigenvalue weighted by Gasteiger charge is 2.30. The Hall–Kier alpha value is -3.91. The summed E-state index contributed by atoms with van der Waals surface area (Å²) in [6, 6.07) is 0.993. The molecule has 5 unspecified atom stereocenters. The normalized spacial score (nSPS) is 14.9. The Morgan fingerprint density at radius 1 is 0.944 bits per heavy atom. The van der Waals surface area contributed by atoms with Crippen LogP contribution in [-0.4, -0.2) is 81.8 Å². The Morgan fingerprint density at radius 2 is 1.50 bits per heavy atom. The summed E-state index contributed by atoms with van der Waals surface area (Å²) in [5.41, 5.74) is 16.8. The van der Waals surface area contributed by atoms with Gasteiger partial charge in [0.05, 0.1) is 6.10 Å². The van der Waals surface area contributed by atoms with Crippen LogP contribution in [0.5, 0.6) is 5.75 Å². The Morgan fingerprint density at radius 3 is 2.03 bits per heavy atom. The number of hydrogen-bond donors (Lipinski definition) is 9. The molecule has 0 aromatic heterocycles. The van der Waals surface area contributed by atoms with Crippen molar-refractivity contribution in [3.05, 3.63) is 29.8 Å². The molecule has 0 fully saturated rings. The van der Waals surface area contributed by atoms with E-state index >= 15 is 0 Å². The zero-order valence-corrected chi connectivity index (χ0v) is 20.2. The number of nitrogens with one attached hydrogen (secondary N) is 3. The van der Waals surface area contributed by atoms with E-state index in [4.69, 9.17) is 22.3 Å². The van der Waals surface area contributed by atoms with E-state index in [9.17, 15) is 29.4 Å². The molecule has 1 rings (SSSR count). The average molecular weight is 510 g/mol. The van der Waals surface area contributed by atoms with Crippen molar-refractivity contribution in [3.63, 3.8) is 0 Å². The Labute approximate surface area is 208 Å². The second kappa shape index (κ2) is 14.5.